The molecule has 1 unspecified atom stereocenters. The minimum Gasteiger partial charge on any atom is -0.487 e. The maximum absolute atomic E-state index is 14.1. The molecular formula is C27H32FN3O4. The van der Waals surface area contributed by atoms with Crippen LogP contribution in [0.3, 0.4) is 0 Å². The Balaban J connectivity index is 1.23. The van der Waals surface area contributed by atoms with E-state index in [0.29, 0.717) is 30.6 Å². The number of fused-ring (bicyclic) bond motifs is 2. The number of ether oxygens (including phenoxy) is 1. The molecule has 2 fully saturated rings. The molecule has 0 saturated carbocycles. The van der Waals surface area contributed by atoms with Gasteiger partial charge in [-0.15, -0.1) is 0 Å². The van der Waals surface area contributed by atoms with Crippen LogP contribution in [-0.4, -0.2) is 58.6 Å². The number of amides is 3. The number of imide groups is 1. The predicted octanol–water partition coefficient (Wildman–Crippen LogP) is 3.51. The Morgan fingerprint density at radius 2 is 1.77 bits per heavy atom. The van der Waals surface area contributed by atoms with Gasteiger partial charge in [0.05, 0.1) is 5.60 Å². The first kappa shape index (κ1) is 23.8. The van der Waals surface area contributed by atoms with Gasteiger partial charge in [0, 0.05) is 31.6 Å². The molecule has 0 aliphatic carbocycles. The van der Waals surface area contributed by atoms with Crippen LogP contribution in [0.5, 0.6) is 5.75 Å². The number of hydrogen-bond donors (Lipinski definition) is 2. The molecule has 0 bridgehead atoms. The number of nitrogens with zero attached hydrogens (tertiary/aromatic N) is 2. The van der Waals surface area contributed by atoms with Gasteiger partial charge in [0.25, 0.3) is 5.91 Å². The van der Waals surface area contributed by atoms with Gasteiger partial charge in [0.2, 0.25) is 0 Å². The third-order valence-corrected chi connectivity index (χ3v) is 7.50. The number of rotatable bonds is 5. The Labute approximate surface area is 204 Å². The fraction of sp³-hybridized carbons (Fsp3) is 0.481. The van der Waals surface area contributed by atoms with Gasteiger partial charge in [-0.1, -0.05) is 30.3 Å². The Hall–Kier alpha value is -2.97. The van der Waals surface area contributed by atoms with Gasteiger partial charge in [-0.2, -0.15) is 0 Å². The first-order valence-electron chi connectivity index (χ1n) is 12.3. The lowest BCUT2D eigenvalue weighted by atomic mass is 9.77. The summed E-state index contributed by atoms with van der Waals surface area (Å²) in [7, 11) is 0. The van der Waals surface area contributed by atoms with Crippen LogP contribution >= 0.6 is 0 Å². The molecule has 0 aromatic heterocycles. The van der Waals surface area contributed by atoms with Gasteiger partial charge in [0.1, 0.15) is 17.2 Å². The van der Waals surface area contributed by atoms with Crippen LogP contribution in [0.2, 0.25) is 0 Å². The Bertz CT molecular complexity index is 1130. The molecule has 2 saturated heterocycles. The molecule has 7 nitrogen and oxygen atoms in total. The predicted molar refractivity (Wildman–Crippen MR) is 128 cm³/mol. The standard InChI is InChI=1S/C27H32FN3O4/c1-25(2)18-27(21-17-20(28)9-10-22(21)35-25)23(32)31(24(33)29-27)14-6-13-30-15-11-26(34,12-16-30)19-7-4-3-5-8-19/h3-5,7-10,17,34H,6,11-16,18H2,1-2H3,(H,29,33). The maximum atomic E-state index is 14.1. The van der Waals surface area contributed by atoms with E-state index in [0.717, 1.165) is 25.2 Å². The number of halogens is 1. The van der Waals surface area contributed by atoms with Gasteiger partial charge in [-0.25, -0.2) is 9.18 Å². The first-order chi connectivity index (χ1) is 16.6. The average molecular weight is 482 g/mol. The van der Waals surface area contributed by atoms with Gasteiger partial charge < -0.3 is 20.1 Å². The monoisotopic (exact) mass is 481 g/mol. The summed E-state index contributed by atoms with van der Waals surface area (Å²) in [4.78, 5) is 30.0. The zero-order valence-corrected chi connectivity index (χ0v) is 20.2. The van der Waals surface area contributed by atoms with Crippen LogP contribution in [0.1, 0.15) is 50.7 Å². The van der Waals surface area contributed by atoms with Crippen LogP contribution < -0.4 is 10.1 Å². The summed E-state index contributed by atoms with van der Waals surface area (Å²) in [5.41, 5.74) is -1.52. The number of likely N-dealkylation sites (tertiary alicyclic amines) is 1. The van der Waals surface area contributed by atoms with E-state index in [4.69, 9.17) is 4.74 Å². The second-order valence-electron chi connectivity index (χ2n) is 10.6. The molecule has 3 aliphatic heterocycles. The third-order valence-electron chi connectivity index (χ3n) is 7.50. The zero-order chi connectivity index (χ0) is 24.8. The molecule has 0 radical (unpaired) electrons. The summed E-state index contributed by atoms with van der Waals surface area (Å²) in [5.74, 6) is -0.423. The van der Waals surface area contributed by atoms with Crippen LogP contribution in [-0.2, 0) is 15.9 Å². The number of carbonyl (C=O) groups is 2. The van der Waals surface area contributed by atoms with Crippen molar-refractivity contribution in [2.24, 2.45) is 0 Å². The van der Waals surface area contributed by atoms with Crippen LogP contribution in [0.4, 0.5) is 9.18 Å². The van der Waals surface area contributed by atoms with Crippen LogP contribution in [0, 0.1) is 5.82 Å². The Morgan fingerprint density at radius 3 is 2.49 bits per heavy atom. The normalized spacial score (nSPS) is 25.3. The third kappa shape index (κ3) is 4.29. The summed E-state index contributed by atoms with van der Waals surface area (Å²) in [6.07, 6.45) is 2.12. The number of piperidine rings is 1. The molecule has 1 atom stereocenters. The molecule has 3 amide bonds. The van der Waals surface area contributed by atoms with E-state index in [9.17, 15) is 19.1 Å². The smallest absolute Gasteiger partial charge is 0.325 e. The second kappa shape index (κ2) is 8.60. The minimum atomic E-state index is -1.33. The molecule has 2 aromatic carbocycles. The summed E-state index contributed by atoms with van der Waals surface area (Å²) in [6, 6.07) is 13.4. The van der Waals surface area contributed by atoms with Crippen molar-refractivity contribution in [3.05, 3.63) is 65.5 Å². The van der Waals surface area contributed by atoms with Crippen molar-refractivity contribution in [1.29, 1.82) is 0 Å². The highest BCUT2D eigenvalue weighted by Crippen LogP contribution is 2.46. The lowest BCUT2D eigenvalue weighted by molar-refractivity contribution is -0.134. The van der Waals surface area contributed by atoms with Crippen molar-refractivity contribution in [2.75, 3.05) is 26.2 Å². The molecule has 186 valence electrons. The van der Waals surface area contributed by atoms with Gasteiger partial charge in [0.15, 0.2) is 5.54 Å². The minimum absolute atomic E-state index is 0.224. The lowest BCUT2D eigenvalue weighted by Gasteiger charge is -2.42. The van der Waals surface area contributed by atoms with Crippen LogP contribution in [0.25, 0.3) is 0 Å². The highest BCUT2D eigenvalue weighted by Gasteiger charge is 2.58. The molecule has 2 N–H and O–H groups in total. The molecule has 35 heavy (non-hydrogen) atoms. The van der Waals surface area contributed by atoms with Gasteiger partial charge in [-0.3, -0.25) is 9.69 Å². The summed E-state index contributed by atoms with van der Waals surface area (Å²) in [5, 5.41) is 13.9. The largest absolute Gasteiger partial charge is 0.487 e. The maximum Gasteiger partial charge on any atom is 0.325 e. The molecule has 5 rings (SSSR count). The van der Waals surface area contributed by atoms with E-state index >= 15 is 0 Å². The molecule has 3 aliphatic rings. The topological polar surface area (TPSA) is 82.1 Å². The second-order valence-corrected chi connectivity index (χ2v) is 10.6. The lowest BCUT2D eigenvalue weighted by Crippen LogP contribution is -2.53. The highest BCUT2D eigenvalue weighted by atomic mass is 19.1. The summed E-state index contributed by atoms with van der Waals surface area (Å²) >= 11 is 0. The van der Waals surface area contributed by atoms with E-state index in [1.54, 1.807) is 0 Å². The van der Waals surface area contributed by atoms with E-state index in [1.807, 2.05) is 44.2 Å². The number of carbonyl (C=O) groups excluding carboxylic acids is 2. The first-order valence-corrected chi connectivity index (χ1v) is 12.3. The molecule has 8 heteroatoms. The zero-order valence-electron chi connectivity index (χ0n) is 20.2. The van der Waals surface area contributed by atoms with E-state index in [1.165, 1.54) is 23.1 Å². The van der Waals surface area contributed by atoms with Crippen molar-refractivity contribution in [1.82, 2.24) is 15.1 Å². The molecule has 2 aromatic rings. The summed E-state index contributed by atoms with van der Waals surface area (Å²) < 4.78 is 20.1. The van der Waals surface area contributed by atoms with Gasteiger partial charge >= 0.3 is 6.03 Å². The van der Waals surface area contributed by atoms with E-state index in [2.05, 4.69) is 10.2 Å². The number of urea groups is 1. The van der Waals surface area contributed by atoms with Crippen LogP contribution in [0.15, 0.2) is 48.5 Å². The fourth-order valence-electron chi connectivity index (χ4n) is 5.76. The highest BCUT2D eigenvalue weighted by molar-refractivity contribution is 6.08. The van der Waals surface area contributed by atoms with Crippen molar-refractivity contribution in [3.8, 4) is 5.75 Å². The number of hydrogen-bond acceptors (Lipinski definition) is 5. The average Bonchev–Trinajstić information content (AvgIpc) is 3.05. The molecule has 3 heterocycles. The summed E-state index contributed by atoms with van der Waals surface area (Å²) in [6.45, 7) is 6.19. The Morgan fingerprint density at radius 1 is 1.06 bits per heavy atom. The van der Waals surface area contributed by atoms with Crippen molar-refractivity contribution >= 4 is 11.9 Å². The van der Waals surface area contributed by atoms with Crippen molar-refractivity contribution < 1.29 is 23.8 Å². The number of benzene rings is 2. The Kier molecular flexibility index (Phi) is 5.84. The van der Waals surface area contributed by atoms with Gasteiger partial charge in [-0.05, 0) is 63.4 Å². The quantitative estimate of drug-likeness (QED) is 0.639. The van der Waals surface area contributed by atoms with E-state index in [-0.39, 0.29) is 18.9 Å². The SMILES string of the molecule is CC1(C)CC2(NC(=O)N(CCCN3CCC(O)(c4ccccc4)CC3)C2=O)c2cc(F)ccc2O1. The van der Waals surface area contributed by atoms with Crippen molar-refractivity contribution in [3.63, 3.8) is 0 Å². The fourth-order valence-corrected chi connectivity index (χ4v) is 5.76. The van der Waals surface area contributed by atoms with E-state index < -0.39 is 28.6 Å². The van der Waals surface area contributed by atoms with Crippen molar-refractivity contribution in [2.45, 2.75) is 56.3 Å². The molecule has 1 spiro atoms. The molecular weight excluding hydrogens is 449 g/mol. The number of aliphatic hydroxyl groups is 1. The number of nitrogens with one attached hydrogen (secondary N) is 1.